The van der Waals surface area contributed by atoms with Gasteiger partial charge in [0.2, 0.25) is 0 Å². The third kappa shape index (κ3) is 2.86. The number of aryl methyl sites for hydroxylation is 2. The molecule has 0 aliphatic heterocycles. The van der Waals surface area contributed by atoms with E-state index in [1.807, 2.05) is 0 Å². The van der Waals surface area contributed by atoms with Crippen LogP contribution in [0, 0.1) is 19.8 Å². The van der Waals surface area contributed by atoms with Gasteiger partial charge in [-0.3, -0.25) is 0 Å². The van der Waals surface area contributed by atoms with Crippen molar-refractivity contribution in [3.63, 3.8) is 0 Å². The zero-order chi connectivity index (χ0) is 11.7. The first-order valence-corrected chi connectivity index (χ1v) is 6.82. The highest BCUT2D eigenvalue weighted by atomic mass is 79.9. The van der Waals surface area contributed by atoms with Gasteiger partial charge < -0.3 is 5.11 Å². The molecular weight excluding hydrogens is 264 g/mol. The van der Waals surface area contributed by atoms with Gasteiger partial charge in [-0.25, -0.2) is 0 Å². The van der Waals surface area contributed by atoms with Crippen molar-refractivity contribution in [1.29, 1.82) is 0 Å². The van der Waals surface area contributed by atoms with Gasteiger partial charge in [0, 0.05) is 4.47 Å². The molecule has 88 valence electrons. The maximum Gasteiger partial charge on any atom is 0.0790 e. The van der Waals surface area contributed by atoms with Crippen molar-refractivity contribution in [3.8, 4) is 0 Å². The molecule has 1 atom stereocenters. The molecule has 2 rings (SSSR count). The van der Waals surface area contributed by atoms with Crippen LogP contribution in [0.3, 0.4) is 0 Å². The molecule has 0 saturated heterocycles. The molecule has 0 heterocycles. The highest BCUT2D eigenvalue weighted by molar-refractivity contribution is 9.10. The topological polar surface area (TPSA) is 20.2 Å². The Balaban J connectivity index is 2.06. The van der Waals surface area contributed by atoms with Gasteiger partial charge in [0.1, 0.15) is 0 Å². The minimum atomic E-state index is -0.286. The molecule has 0 radical (unpaired) electrons. The SMILES string of the molecule is Cc1cc(C(O)CCC2CC2)cc(C)c1Br. The molecular formula is C14H19BrO. The molecule has 1 N–H and O–H groups in total. The Hall–Kier alpha value is -0.340. The maximum absolute atomic E-state index is 10.1. The number of rotatable bonds is 4. The van der Waals surface area contributed by atoms with Gasteiger partial charge in [0.25, 0.3) is 0 Å². The Morgan fingerprint density at radius 2 is 1.88 bits per heavy atom. The predicted octanol–water partition coefficient (Wildman–Crippen LogP) is 4.29. The Morgan fingerprint density at radius 3 is 2.38 bits per heavy atom. The van der Waals surface area contributed by atoms with Crippen molar-refractivity contribution >= 4 is 15.9 Å². The first-order valence-electron chi connectivity index (χ1n) is 6.02. The van der Waals surface area contributed by atoms with E-state index in [1.165, 1.54) is 30.4 Å². The Morgan fingerprint density at radius 1 is 1.31 bits per heavy atom. The van der Waals surface area contributed by atoms with Crippen LogP contribution >= 0.6 is 15.9 Å². The zero-order valence-corrected chi connectivity index (χ0v) is 11.5. The molecule has 1 aliphatic rings. The Bertz CT molecular complexity index is 359. The van der Waals surface area contributed by atoms with Crippen molar-refractivity contribution in [1.82, 2.24) is 0 Å². The second-order valence-corrected chi connectivity index (χ2v) is 5.80. The average molecular weight is 283 g/mol. The normalized spacial score (nSPS) is 17.5. The van der Waals surface area contributed by atoms with Crippen LogP contribution in [0.25, 0.3) is 0 Å². The summed E-state index contributed by atoms with van der Waals surface area (Å²) in [6, 6.07) is 4.18. The van der Waals surface area contributed by atoms with Crippen molar-refractivity contribution in [2.45, 2.75) is 45.6 Å². The lowest BCUT2D eigenvalue weighted by Gasteiger charge is -2.14. The second kappa shape index (κ2) is 4.89. The van der Waals surface area contributed by atoms with E-state index in [0.717, 1.165) is 22.4 Å². The molecule has 1 unspecified atom stereocenters. The molecule has 1 aliphatic carbocycles. The summed E-state index contributed by atoms with van der Waals surface area (Å²) >= 11 is 3.55. The summed E-state index contributed by atoms with van der Waals surface area (Å²) in [7, 11) is 0. The van der Waals surface area contributed by atoms with Crippen LogP contribution in [-0.4, -0.2) is 5.11 Å². The summed E-state index contributed by atoms with van der Waals surface area (Å²) in [5.74, 6) is 0.896. The second-order valence-electron chi connectivity index (χ2n) is 5.01. The maximum atomic E-state index is 10.1. The Kier molecular flexibility index (Phi) is 3.70. The summed E-state index contributed by atoms with van der Waals surface area (Å²) in [6.07, 6.45) is 4.53. The van der Waals surface area contributed by atoms with Gasteiger partial charge in [-0.2, -0.15) is 0 Å². The summed E-state index contributed by atoms with van der Waals surface area (Å²) in [5.41, 5.74) is 3.49. The van der Waals surface area contributed by atoms with Gasteiger partial charge >= 0.3 is 0 Å². The van der Waals surface area contributed by atoms with Crippen molar-refractivity contribution < 1.29 is 5.11 Å². The molecule has 0 spiro atoms. The molecule has 1 aromatic carbocycles. The van der Waals surface area contributed by atoms with Crippen LogP contribution < -0.4 is 0 Å². The number of aliphatic hydroxyl groups excluding tert-OH is 1. The van der Waals surface area contributed by atoms with Crippen molar-refractivity contribution in [2.24, 2.45) is 5.92 Å². The lowest BCUT2D eigenvalue weighted by atomic mass is 9.99. The summed E-state index contributed by atoms with van der Waals surface area (Å²) in [4.78, 5) is 0. The van der Waals surface area contributed by atoms with E-state index < -0.39 is 0 Å². The van der Waals surface area contributed by atoms with E-state index in [4.69, 9.17) is 0 Å². The minimum absolute atomic E-state index is 0.286. The zero-order valence-electron chi connectivity index (χ0n) is 9.96. The van der Waals surface area contributed by atoms with E-state index in [1.54, 1.807) is 0 Å². The molecule has 0 aromatic heterocycles. The van der Waals surface area contributed by atoms with Crippen molar-refractivity contribution in [2.75, 3.05) is 0 Å². The number of hydrogen-bond donors (Lipinski definition) is 1. The average Bonchev–Trinajstić information content (AvgIpc) is 3.05. The van der Waals surface area contributed by atoms with Crippen molar-refractivity contribution in [3.05, 3.63) is 33.3 Å². The molecule has 2 heteroatoms. The van der Waals surface area contributed by atoms with E-state index in [2.05, 4.69) is 41.9 Å². The highest BCUT2D eigenvalue weighted by Crippen LogP contribution is 2.36. The smallest absolute Gasteiger partial charge is 0.0790 e. The standard InChI is InChI=1S/C14H19BrO/c1-9-7-12(8-10(2)14(9)15)13(16)6-5-11-3-4-11/h7-8,11,13,16H,3-6H2,1-2H3. The van der Waals surface area contributed by atoms with E-state index >= 15 is 0 Å². The van der Waals surface area contributed by atoms with Crippen LogP contribution in [0.15, 0.2) is 16.6 Å². The molecule has 1 nitrogen and oxygen atoms in total. The summed E-state index contributed by atoms with van der Waals surface area (Å²) in [6.45, 7) is 4.16. The van der Waals surface area contributed by atoms with Crippen LogP contribution in [0.2, 0.25) is 0 Å². The number of hydrogen-bond acceptors (Lipinski definition) is 1. The largest absolute Gasteiger partial charge is 0.388 e. The van der Waals surface area contributed by atoms with E-state index in [0.29, 0.717) is 0 Å². The van der Waals surface area contributed by atoms with E-state index in [-0.39, 0.29) is 6.10 Å². The highest BCUT2D eigenvalue weighted by Gasteiger charge is 2.22. The molecule has 1 aromatic rings. The van der Waals surface area contributed by atoms with Gasteiger partial charge in [-0.05, 0) is 49.3 Å². The van der Waals surface area contributed by atoms with Gasteiger partial charge in [-0.15, -0.1) is 0 Å². The first kappa shape index (κ1) is 12.1. The molecule has 0 amide bonds. The quantitative estimate of drug-likeness (QED) is 0.874. The van der Waals surface area contributed by atoms with Crippen LogP contribution in [0.1, 0.15) is 48.5 Å². The fraction of sp³-hybridized carbons (Fsp3) is 0.571. The fourth-order valence-electron chi connectivity index (χ4n) is 2.14. The minimum Gasteiger partial charge on any atom is -0.388 e. The molecule has 16 heavy (non-hydrogen) atoms. The Labute approximate surface area is 106 Å². The van der Waals surface area contributed by atoms with Crippen LogP contribution in [-0.2, 0) is 0 Å². The summed E-state index contributed by atoms with van der Waals surface area (Å²) < 4.78 is 1.16. The van der Waals surface area contributed by atoms with Crippen LogP contribution in [0.4, 0.5) is 0 Å². The predicted molar refractivity (Wildman–Crippen MR) is 70.5 cm³/mol. The molecule has 0 bridgehead atoms. The molecule has 1 fully saturated rings. The monoisotopic (exact) mass is 282 g/mol. The van der Waals surface area contributed by atoms with E-state index in [9.17, 15) is 5.11 Å². The molecule has 1 saturated carbocycles. The fourth-order valence-corrected chi connectivity index (χ4v) is 2.37. The van der Waals surface area contributed by atoms with Crippen LogP contribution in [0.5, 0.6) is 0 Å². The number of aliphatic hydroxyl groups is 1. The van der Waals surface area contributed by atoms with Gasteiger partial charge in [-0.1, -0.05) is 40.9 Å². The number of benzene rings is 1. The van der Waals surface area contributed by atoms with Gasteiger partial charge in [0.15, 0.2) is 0 Å². The third-order valence-electron chi connectivity index (χ3n) is 3.39. The first-order chi connectivity index (χ1) is 7.58. The lowest BCUT2D eigenvalue weighted by Crippen LogP contribution is -2.00. The summed E-state index contributed by atoms with van der Waals surface area (Å²) in [5, 5.41) is 10.1. The third-order valence-corrected chi connectivity index (χ3v) is 4.64. The number of halogens is 1. The lowest BCUT2D eigenvalue weighted by molar-refractivity contribution is 0.162. The van der Waals surface area contributed by atoms with Gasteiger partial charge in [0.05, 0.1) is 6.10 Å².